The Bertz CT molecular complexity index is 1060. The van der Waals surface area contributed by atoms with Crippen molar-refractivity contribution < 1.29 is 49.5 Å². The summed E-state index contributed by atoms with van der Waals surface area (Å²) in [6.45, 7) is -1.09. The summed E-state index contributed by atoms with van der Waals surface area (Å²) in [7, 11) is 0. The molecule has 1 saturated heterocycles. The first-order valence-corrected chi connectivity index (χ1v) is 9.70. The summed E-state index contributed by atoms with van der Waals surface area (Å²) in [5, 5.41) is 1.14. The molecule has 178 valence electrons. The molecule has 0 aliphatic carbocycles. The summed E-state index contributed by atoms with van der Waals surface area (Å²) >= 11 is 0.780. The molecule has 6 nitrogen and oxygen atoms in total. The molecule has 2 heterocycles. The van der Waals surface area contributed by atoms with Gasteiger partial charge in [0.2, 0.25) is 5.91 Å². The van der Waals surface area contributed by atoms with Crippen LogP contribution in [0.2, 0.25) is 0 Å². The van der Waals surface area contributed by atoms with Crippen molar-refractivity contribution in [3.05, 3.63) is 47.2 Å². The number of halogens is 8. The van der Waals surface area contributed by atoms with Gasteiger partial charge in [0.25, 0.3) is 5.91 Å². The number of amides is 3. The SMILES string of the molecule is O=C1C[C@H](N(Cc2ccc(F)cc2)C(=O)C(F)(F)C(F)(F)C(F)(F)F)C(=O)N1c1nccs1. The Labute approximate surface area is 183 Å². The second kappa shape index (κ2) is 8.35. The van der Waals surface area contributed by atoms with E-state index in [1.807, 2.05) is 0 Å². The van der Waals surface area contributed by atoms with Gasteiger partial charge in [-0.3, -0.25) is 14.4 Å². The average molecular weight is 501 g/mol. The van der Waals surface area contributed by atoms with Gasteiger partial charge in [0, 0.05) is 18.1 Å². The second-order valence-corrected chi connectivity index (χ2v) is 7.68. The van der Waals surface area contributed by atoms with Crippen molar-refractivity contribution in [3.63, 3.8) is 0 Å². The first-order valence-electron chi connectivity index (χ1n) is 8.82. The molecule has 3 rings (SSSR count). The quantitative estimate of drug-likeness (QED) is 0.447. The molecule has 0 spiro atoms. The molecular formula is C18H11F8N3O3S. The third kappa shape index (κ3) is 4.28. The van der Waals surface area contributed by atoms with Crippen molar-refractivity contribution in [2.45, 2.75) is 37.0 Å². The zero-order valence-electron chi connectivity index (χ0n) is 16.0. The van der Waals surface area contributed by atoms with Crippen LogP contribution in [0.5, 0.6) is 0 Å². The molecule has 0 radical (unpaired) electrons. The summed E-state index contributed by atoms with van der Waals surface area (Å²) in [5.74, 6) is -19.3. The van der Waals surface area contributed by atoms with Gasteiger partial charge in [-0.2, -0.15) is 30.7 Å². The molecule has 3 amide bonds. The fourth-order valence-electron chi connectivity index (χ4n) is 2.99. The van der Waals surface area contributed by atoms with Crippen molar-refractivity contribution in [1.29, 1.82) is 0 Å². The average Bonchev–Trinajstić information content (AvgIpc) is 3.33. The van der Waals surface area contributed by atoms with E-state index in [-0.39, 0.29) is 15.6 Å². The Kier molecular flexibility index (Phi) is 6.21. The van der Waals surface area contributed by atoms with Gasteiger partial charge in [-0.15, -0.1) is 11.3 Å². The number of nitrogens with zero attached hydrogens (tertiary/aromatic N) is 3. The van der Waals surface area contributed by atoms with E-state index < -0.39 is 60.6 Å². The van der Waals surface area contributed by atoms with Gasteiger partial charge in [-0.25, -0.2) is 14.3 Å². The predicted octanol–water partition coefficient (Wildman–Crippen LogP) is 3.78. The summed E-state index contributed by atoms with van der Waals surface area (Å²) in [6.07, 6.45) is -6.58. The highest BCUT2D eigenvalue weighted by atomic mass is 32.1. The normalized spacial score (nSPS) is 17.6. The molecule has 1 aliphatic heterocycles. The van der Waals surface area contributed by atoms with Crippen LogP contribution in [-0.4, -0.2) is 51.7 Å². The van der Waals surface area contributed by atoms with Gasteiger partial charge in [0.1, 0.15) is 11.9 Å². The third-order valence-electron chi connectivity index (χ3n) is 4.66. The molecule has 1 aromatic heterocycles. The minimum absolute atomic E-state index is 0.177. The second-order valence-electron chi connectivity index (χ2n) is 6.81. The number of thiazole rings is 1. The van der Waals surface area contributed by atoms with Gasteiger partial charge in [0.15, 0.2) is 5.13 Å². The lowest BCUT2D eigenvalue weighted by atomic mass is 10.1. The van der Waals surface area contributed by atoms with Crippen LogP contribution in [0.1, 0.15) is 12.0 Å². The molecular weight excluding hydrogens is 490 g/mol. The van der Waals surface area contributed by atoms with Gasteiger partial charge in [-0.05, 0) is 17.7 Å². The smallest absolute Gasteiger partial charge is 0.320 e. The van der Waals surface area contributed by atoms with Crippen LogP contribution in [0, 0.1) is 5.82 Å². The molecule has 33 heavy (non-hydrogen) atoms. The molecule has 2 aromatic rings. The van der Waals surface area contributed by atoms with Crippen molar-refractivity contribution in [3.8, 4) is 0 Å². The fraction of sp³-hybridized carbons (Fsp3) is 0.333. The molecule has 0 N–H and O–H groups in total. The summed E-state index contributed by atoms with van der Waals surface area (Å²) in [6, 6.07) is 1.37. The molecule has 0 bridgehead atoms. The zero-order valence-corrected chi connectivity index (χ0v) is 16.8. The topological polar surface area (TPSA) is 70.6 Å². The van der Waals surface area contributed by atoms with E-state index in [1.165, 1.54) is 11.6 Å². The van der Waals surface area contributed by atoms with E-state index in [0.29, 0.717) is 4.90 Å². The Morgan fingerprint density at radius 1 is 1.09 bits per heavy atom. The fourth-order valence-corrected chi connectivity index (χ4v) is 3.65. The number of carbonyl (C=O) groups is 3. The highest BCUT2D eigenvalue weighted by Crippen LogP contribution is 2.48. The first kappa shape index (κ1) is 24.5. The molecule has 1 fully saturated rings. The number of hydrogen-bond donors (Lipinski definition) is 0. The van der Waals surface area contributed by atoms with Crippen LogP contribution < -0.4 is 4.90 Å². The minimum atomic E-state index is -6.80. The maximum atomic E-state index is 14.2. The molecule has 1 atom stereocenters. The number of imide groups is 1. The third-order valence-corrected chi connectivity index (χ3v) is 5.41. The molecule has 1 aromatic carbocycles. The summed E-state index contributed by atoms with van der Waals surface area (Å²) in [4.78, 5) is 41.3. The highest BCUT2D eigenvalue weighted by Gasteiger charge is 2.77. The Hall–Kier alpha value is -3.10. The van der Waals surface area contributed by atoms with Crippen LogP contribution in [-0.2, 0) is 20.9 Å². The lowest BCUT2D eigenvalue weighted by molar-refractivity contribution is -0.346. The lowest BCUT2D eigenvalue weighted by Crippen LogP contribution is -2.62. The maximum Gasteiger partial charge on any atom is 0.460 e. The largest absolute Gasteiger partial charge is 0.460 e. The van der Waals surface area contributed by atoms with E-state index >= 15 is 0 Å². The van der Waals surface area contributed by atoms with Crippen molar-refractivity contribution in [2.75, 3.05) is 4.90 Å². The van der Waals surface area contributed by atoms with Crippen molar-refractivity contribution in [2.24, 2.45) is 0 Å². The van der Waals surface area contributed by atoms with Crippen LogP contribution in [0.4, 0.5) is 40.3 Å². The minimum Gasteiger partial charge on any atom is -0.320 e. The van der Waals surface area contributed by atoms with Crippen LogP contribution in [0.3, 0.4) is 0 Å². The molecule has 0 unspecified atom stereocenters. The number of aromatic nitrogens is 1. The van der Waals surface area contributed by atoms with Crippen LogP contribution in [0.15, 0.2) is 35.8 Å². The van der Waals surface area contributed by atoms with Gasteiger partial charge in [0.05, 0.1) is 6.42 Å². The summed E-state index contributed by atoms with van der Waals surface area (Å²) in [5.41, 5.74) is -0.177. The van der Waals surface area contributed by atoms with E-state index in [1.54, 1.807) is 0 Å². The number of carbonyl (C=O) groups excluding carboxylic acids is 3. The Morgan fingerprint density at radius 3 is 2.21 bits per heavy atom. The highest BCUT2D eigenvalue weighted by molar-refractivity contribution is 7.14. The number of hydrogen-bond acceptors (Lipinski definition) is 5. The molecule has 15 heteroatoms. The van der Waals surface area contributed by atoms with Gasteiger partial charge < -0.3 is 4.90 Å². The number of rotatable bonds is 6. The van der Waals surface area contributed by atoms with Gasteiger partial charge >= 0.3 is 23.9 Å². The maximum absolute atomic E-state index is 14.2. The van der Waals surface area contributed by atoms with E-state index in [4.69, 9.17) is 0 Å². The Morgan fingerprint density at radius 2 is 1.70 bits per heavy atom. The summed E-state index contributed by atoms with van der Waals surface area (Å²) < 4.78 is 106. The number of anilines is 1. The van der Waals surface area contributed by atoms with Crippen LogP contribution in [0.25, 0.3) is 0 Å². The van der Waals surface area contributed by atoms with Crippen molar-refractivity contribution >= 4 is 34.2 Å². The predicted molar refractivity (Wildman–Crippen MR) is 95.9 cm³/mol. The molecule has 0 saturated carbocycles. The van der Waals surface area contributed by atoms with E-state index in [2.05, 4.69) is 4.98 Å². The van der Waals surface area contributed by atoms with Gasteiger partial charge in [-0.1, -0.05) is 12.1 Å². The Balaban J connectivity index is 2.03. The van der Waals surface area contributed by atoms with E-state index in [0.717, 1.165) is 35.6 Å². The lowest BCUT2D eigenvalue weighted by Gasteiger charge is -2.34. The first-order chi connectivity index (χ1) is 15.2. The molecule has 1 aliphatic rings. The monoisotopic (exact) mass is 501 g/mol. The van der Waals surface area contributed by atoms with E-state index in [9.17, 15) is 49.5 Å². The van der Waals surface area contributed by atoms with Crippen molar-refractivity contribution in [1.82, 2.24) is 9.88 Å². The number of benzene rings is 1. The number of alkyl halides is 7. The van der Waals surface area contributed by atoms with Crippen LogP contribution >= 0.6 is 11.3 Å². The zero-order chi connectivity index (χ0) is 24.8. The standard InChI is InChI=1S/C18H11F8N3O3S/c19-10-3-1-9(2-4-10)8-28(14(32)16(20,21)17(22,23)18(24,25)26)11-7-12(30)29(13(11)31)15-27-5-6-33-15/h1-6,11H,7-8H2/t11-/m0/s1.